The van der Waals surface area contributed by atoms with Gasteiger partial charge in [0.05, 0.1) is 10.2 Å². The third-order valence-corrected chi connectivity index (χ3v) is 5.84. The minimum absolute atomic E-state index is 0.0187. The molecular weight excluding hydrogens is 512 g/mol. The molecule has 1 saturated heterocycles. The molecule has 0 atom stereocenters. The van der Waals surface area contributed by atoms with Crippen molar-refractivity contribution in [3.05, 3.63) is 92.9 Å². The third-order valence-electron chi connectivity index (χ3n) is 4.83. The summed E-state index contributed by atoms with van der Waals surface area (Å²) >= 11 is 9.32. The largest absolute Gasteiger partial charge is 0.507 e. The number of urea groups is 1. The van der Waals surface area contributed by atoms with Gasteiger partial charge in [0.25, 0.3) is 11.8 Å². The zero-order valence-electron chi connectivity index (χ0n) is 16.9. The molecule has 9 heteroatoms. The molecule has 4 rings (SSSR count). The van der Waals surface area contributed by atoms with Crippen LogP contribution in [-0.2, 0) is 16.2 Å². The zero-order chi connectivity index (χ0) is 23.5. The van der Waals surface area contributed by atoms with E-state index >= 15 is 0 Å². The van der Waals surface area contributed by atoms with Crippen LogP contribution in [0.1, 0.15) is 11.1 Å². The van der Waals surface area contributed by atoms with Crippen LogP contribution in [0.25, 0.3) is 6.08 Å². The van der Waals surface area contributed by atoms with Crippen LogP contribution in [0.5, 0.6) is 11.5 Å². The van der Waals surface area contributed by atoms with Crippen molar-refractivity contribution in [3.63, 3.8) is 0 Å². The second kappa shape index (κ2) is 9.48. The number of aromatic hydroxyl groups is 1. The van der Waals surface area contributed by atoms with Crippen molar-refractivity contribution in [2.45, 2.75) is 6.61 Å². The molecule has 166 valence electrons. The lowest BCUT2D eigenvalue weighted by Gasteiger charge is -2.26. The fourth-order valence-electron chi connectivity index (χ4n) is 3.14. The minimum Gasteiger partial charge on any atom is -0.507 e. The van der Waals surface area contributed by atoms with E-state index in [2.05, 4.69) is 21.2 Å². The topological polar surface area (TPSA) is 95.9 Å². The van der Waals surface area contributed by atoms with Crippen molar-refractivity contribution in [2.24, 2.45) is 0 Å². The predicted octanol–water partition coefficient (Wildman–Crippen LogP) is 5.05. The number of nitrogens with one attached hydrogen (secondary N) is 1. The van der Waals surface area contributed by atoms with Crippen molar-refractivity contribution >= 4 is 57.1 Å². The van der Waals surface area contributed by atoms with E-state index in [1.807, 2.05) is 18.2 Å². The summed E-state index contributed by atoms with van der Waals surface area (Å²) in [6.45, 7) is 0.256. The standard InChI is InChI=1S/C24H16BrClN2O5/c25-19-12-14(5-10-21(19)29)11-18-22(30)27-24(32)28(23(18)31)16-6-8-17(9-7-16)33-13-15-3-1-2-4-20(15)26/h1-12,29H,13H2,(H,27,30,32)/b18-11+. The number of anilines is 1. The van der Waals surface area contributed by atoms with Crippen LogP contribution in [0.4, 0.5) is 10.5 Å². The smallest absolute Gasteiger partial charge is 0.335 e. The number of benzene rings is 3. The SMILES string of the molecule is O=C1NC(=O)N(c2ccc(OCc3ccccc3Cl)cc2)C(=O)/C1=C/c1ccc(O)c(Br)c1. The molecule has 7 nitrogen and oxygen atoms in total. The summed E-state index contributed by atoms with van der Waals surface area (Å²) in [5, 5.41) is 12.4. The molecule has 1 aliphatic heterocycles. The maximum absolute atomic E-state index is 13.0. The Morgan fingerprint density at radius 3 is 2.45 bits per heavy atom. The number of imide groups is 2. The molecule has 2 N–H and O–H groups in total. The molecule has 0 unspecified atom stereocenters. The van der Waals surface area contributed by atoms with Gasteiger partial charge in [0.15, 0.2) is 0 Å². The van der Waals surface area contributed by atoms with E-state index in [4.69, 9.17) is 16.3 Å². The highest BCUT2D eigenvalue weighted by Crippen LogP contribution is 2.28. The highest BCUT2D eigenvalue weighted by atomic mass is 79.9. The Balaban J connectivity index is 1.54. The van der Waals surface area contributed by atoms with E-state index in [-0.39, 0.29) is 23.6 Å². The molecule has 0 radical (unpaired) electrons. The van der Waals surface area contributed by atoms with E-state index in [0.29, 0.717) is 20.8 Å². The van der Waals surface area contributed by atoms with Gasteiger partial charge in [0.2, 0.25) is 0 Å². The van der Waals surface area contributed by atoms with E-state index in [1.54, 1.807) is 42.5 Å². The maximum atomic E-state index is 13.0. The molecule has 3 aromatic carbocycles. The normalized spacial score (nSPS) is 15.0. The van der Waals surface area contributed by atoms with Crippen LogP contribution < -0.4 is 15.0 Å². The van der Waals surface area contributed by atoms with E-state index in [1.165, 1.54) is 12.1 Å². The third kappa shape index (κ3) is 4.92. The first-order valence-corrected chi connectivity index (χ1v) is 10.9. The summed E-state index contributed by atoms with van der Waals surface area (Å²) in [5.41, 5.74) is 1.37. The molecule has 0 aliphatic carbocycles. The second-order valence-corrected chi connectivity index (χ2v) is 8.30. The van der Waals surface area contributed by atoms with Gasteiger partial charge >= 0.3 is 6.03 Å². The molecule has 1 fully saturated rings. The summed E-state index contributed by atoms with van der Waals surface area (Å²) in [6.07, 6.45) is 1.35. The van der Waals surface area contributed by atoms with Crippen LogP contribution in [0.3, 0.4) is 0 Å². The monoisotopic (exact) mass is 526 g/mol. The summed E-state index contributed by atoms with van der Waals surface area (Å²) in [4.78, 5) is 38.6. The van der Waals surface area contributed by atoms with Gasteiger partial charge < -0.3 is 9.84 Å². The number of carbonyl (C=O) groups is 3. The molecule has 3 aromatic rings. The molecule has 1 heterocycles. The number of ether oxygens (including phenoxy) is 1. The number of amides is 4. The number of hydrogen-bond donors (Lipinski definition) is 2. The molecule has 0 spiro atoms. The molecule has 0 saturated carbocycles. The molecule has 0 aromatic heterocycles. The fourth-order valence-corrected chi connectivity index (χ4v) is 3.73. The Labute approximate surface area is 202 Å². The van der Waals surface area contributed by atoms with Crippen LogP contribution >= 0.6 is 27.5 Å². The van der Waals surface area contributed by atoms with Gasteiger partial charge in [0.1, 0.15) is 23.7 Å². The maximum Gasteiger partial charge on any atom is 0.335 e. The van der Waals surface area contributed by atoms with Crippen LogP contribution in [-0.4, -0.2) is 23.0 Å². The predicted molar refractivity (Wildman–Crippen MR) is 127 cm³/mol. The molecule has 1 aliphatic rings. The Hall–Kier alpha value is -3.62. The average Bonchev–Trinajstić information content (AvgIpc) is 2.79. The summed E-state index contributed by atoms with van der Waals surface area (Å²) in [7, 11) is 0. The minimum atomic E-state index is -0.848. The number of hydrogen-bond acceptors (Lipinski definition) is 5. The average molecular weight is 528 g/mol. The van der Waals surface area contributed by atoms with Gasteiger partial charge in [-0.05, 0) is 70.0 Å². The summed E-state index contributed by atoms with van der Waals surface area (Å²) in [6, 6.07) is 17.3. The molecule has 0 bridgehead atoms. The van der Waals surface area contributed by atoms with Gasteiger partial charge in [-0.1, -0.05) is 35.9 Å². The summed E-state index contributed by atoms with van der Waals surface area (Å²) in [5.74, 6) is -1.03. The number of nitrogens with zero attached hydrogens (tertiary/aromatic N) is 1. The van der Waals surface area contributed by atoms with Gasteiger partial charge in [-0.3, -0.25) is 14.9 Å². The van der Waals surface area contributed by atoms with Crippen LogP contribution in [0.2, 0.25) is 5.02 Å². The van der Waals surface area contributed by atoms with E-state index < -0.39 is 17.8 Å². The molecule has 4 amide bonds. The number of phenols is 1. The number of barbiturate groups is 1. The number of carbonyl (C=O) groups excluding carboxylic acids is 3. The number of phenolic OH excluding ortho intramolecular Hbond substituents is 1. The highest BCUT2D eigenvalue weighted by molar-refractivity contribution is 9.10. The van der Waals surface area contributed by atoms with Crippen molar-refractivity contribution in [1.29, 1.82) is 0 Å². The number of rotatable bonds is 5. The van der Waals surface area contributed by atoms with E-state index in [0.717, 1.165) is 10.5 Å². The van der Waals surface area contributed by atoms with Crippen molar-refractivity contribution in [1.82, 2.24) is 5.32 Å². The Kier molecular flexibility index (Phi) is 6.48. The van der Waals surface area contributed by atoms with Crippen molar-refractivity contribution < 1.29 is 24.2 Å². The fraction of sp³-hybridized carbons (Fsp3) is 0.0417. The Morgan fingerprint density at radius 2 is 1.76 bits per heavy atom. The first kappa shape index (κ1) is 22.6. The van der Waals surface area contributed by atoms with Gasteiger partial charge in [-0.25, -0.2) is 9.69 Å². The van der Waals surface area contributed by atoms with Crippen LogP contribution in [0, 0.1) is 0 Å². The lowest BCUT2D eigenvalue weighted by atomic mass is 10.1. The van der Waals surface area contributed by atoms with Crippen LogP contribution in [0.15, 0.2) is 76.8 Å². The second-order valence-electron chi connectivity index (χ2n) is 7.04. The highest BCUT2D eigenvalue weighted by Gasteiger charge is 2.36. The zero-order valence-corrected chi connectivity index (χ0v) is 19.3. The van der Waals surface area contributed by atoms with Gasteiger partial charge in [-0.15, -0.1) is 0 Å². The lowest BCUT2D eigenvalue weighted by molar-refractivity contribution is -0.122. The molecule has 33 heavy (non-hydrogen) atoms. The van der Waals surface area contributed by atoms with Crippen molar-refractivity contribution in [3.8, 4) is 11.5 Å². The van der Waals surface area contributed by atoms with E-state index in [9.17, 15) is 19.5 Å². The summed E-state index contributed by atoms with van der Waals surface area (Å²) < 4.78 is 6.13. The lowest BCUT2D eigenvalue weighted by Crippen LogP contribution is -2.54. The Bertz CT molecular complexity index is 1290. The molecular formula is C24H16BrClN2O5. The van der Waals surface area contributed by atoms with Crippen molar-refractivity contribution in [2.75, 3.05) is 4.90 Å². The van der Waals surface area contributed by atoms with Gasteiger partial charge in [0, 0.05) is 10.6 Å². The number of halogens is 2. The van der Waals surface area contributed by atoms with Gasteiger partial charge in [-0.2, -0.15) is 0 Å². The first-order valence-electron chi connectivity index (χ1n) is 9.70. The quantitative estimate of drug-likeness (QED) is 0.357. The first-order chi connectivity index (χ1) is 15.8. The Morgan fingerprint density at radius 1 is 1.03 bits per heavy atom.